The monoisotopic (exact) mass is 352 g/mol. The van der Waals surface area contributed by atoms with Crippen molar-refractivity contribution in [3.8, 4) is 28.3 Å². The van der Waals surface area contributed by atoms with Crippen LogP contribution in [-0.4, -0.2) is 16.7 Å². The van der Waals surface area contributed by atoms with Gasteiger partial charge in [0.2, 0.25) is 0 Å². The molecule has 0 fully saturated rings. The predicted octanol–water partition coefficient (Wildman–Crippen LogP) is 4.28. The Balaban J connectivity index is 1.81. The molecule has 0 unspecified atom stereocenters. The second kappa shape index (κ2) is 6.11. The topological polar surface area (TPSA) is 56.7 Å². The van der Waals surface area contributed by atoms with E-state index in [1.54, 1.807) is 31.5 Å². The first-order chi connectivity index (χ1) is 12.1. The molecule has 124 valence electrons. The second-order valence-electron chi connectivity index (χ2n) is 5.48. The number of benzene rings is 2. The van der Waals surface area contributed by atoms with Gasteiger partial charge in [-0.15, -0.1) is 0 Å². The van der Waals surface area contributed by atoms with Crippen molar-refractivity contribution in [3.63, 3.8) is 0 Å². The van der Waals surface area contributed by atoms with E-state index in [9.17, 15) is 4.79 Å². The van der Waals surface area contributed by atoms with Crippen molar-refractivity contribution in [2.45, 2.75) is 0 Å². The molecule has 2 aromatic carbocycles. The molecular weight excluding hydrogens is 340 g/mol. The summed E-state index contributed by atoms with van der Waals surface area (Å²) in [7, 11) is 1.60. The molecule has 0 radical (unpaired) electrons. The van der Waals surface area contributed by atoms with Crippen LogP contribution in [0.15, 0.2) is 70.0 Å². The van der Waals surface area contributed by atoms with E-state index in [2.05, 4.69) is 5.10 Å². The number of halogens is 1. The lowest BCUT2D eigenvalue weighted by Crippen LogP contribution is -2.04. The Bertz CT molecular complexity index is 1100. The number of nitrogens with zero attached hydrogens (tertiary/aromatic N) is 2. The first kappa shape index (κ1) is 15.5. The fourth-order valence-corrected chi connectivity index (χ4v) is 2.71. The molecule has 0 aliphatic carbocycles. The fourth-order valence-electron chi connectivity index (χ4n) is 2.59. The maximum absolute atomic E-state index is 12.3. The van der Waals surface area contributed by atoms with Crippen molar-refractivity contribution in [3.05, 3.63) is 76.2 Å². The van der Waals surface area contributed by atoms with Crippen molar-refractivity contribution in [1.82, 2.24) is 9.61 Å². The van der Waals surface area contributed by atoms with Gasteiger partial charge in [-0.3, -0.25) is 0 Å². The van der Waals surface area contributed by atoms with Crippen molar-refractivity contribution in [1.29, 1.82) is 0 Å². The van der Waals surface area contributed by atoms with Gasteiger partial charge < -0.3 is 9.15 Å². The standard InChI is InChI=1S/C19H13ClN2O3/c1-24-15-8-4-13(5-9-15)18-11-22-17(19(23)25-18)10-16(21-22)12-2-6-14(20)7-3-12/h2-11H,1H3. The molecule has 0 aliphatic rings. The van der Waals surface area contributed by atoms with Gasteiger partial charge in [0, 0.05) is 16.1 Å². The van der Waals surface area contributed by atoms with Crippen LogP contribution < -0.4 is 10.4 Å². The van der Waals surface area contributed by atoms with Gasteiger partial charge in [0.05, 0.1) is 19.0 Å². The lowest BCUT2D eigenvalue weighted by Gasteiger charge is -2.03. The van der Waals surface area contributed by atoms with Crippen molar-refractivity contribution >= 4 is 17.1 Å². The van der Waals surface area contributed by atoms with Gasteiger partial charge in [-0.2, -0.15) is 5.10 Å². The molecule has 0 saturated carbocycles. The van der Waals surface area contributed by atoms with E-state index >= 15 is 0 Å². The quantitative estimate of drug-likeness (QED) is 0.552. The van der Waals surface area contributed by atoms with Gasteiger partial charge in [-0.05, 0) is 42.5 Å². The highest BCUT2D eigenvalue weighted by Gasteiger charge is 2.11. The number of hydrogen-bond acceptors (Lipinski definition) is 4. The van der Waals surface area contributed by atoms with E-state index in [1.807, 2.05) is 36.4 Å². The van der Waals surface area contributed by atoms with Crippen molar-refractivity contribution in [2.75, 3.05) is 7.11 Å². The van der Waals surface area contributed by atoms with Crippen molar-refractivity contribution in [2.24, 2.45) is 0 Å². The van der Waals surface area contributed by atoms with Crippen LogP contribution in [0.1, 0.15) is 0 Å². The molecule has 5 nitrogen and oxygen atoms in total. The molecule has 0 spiro atoms. The third kappa shape index (κ3) is 2.90. The van der Waals surface area contributed by atoms with Crippen LogP contribution in [-0.2, 0) is 0 Å². The van der Waals surface area contributed by atoms with Gasteiger partial charge in [0.25, 0.3) is 0 Å². The van der Waals surface area contributed by atoms with Crippen LogP contribution in [0.25, 0.3) is 28.1 Å². The van der Waals surface area contributed by atoms with E-state index < -0.39 is 5.63 Å². The zero-order valence-corrected chi connectivity index (χ0v) is 14.0. The summed E-state index contributed by atoms with van der Waals surface area (Å²) < 4.78 is 12.1. The summed E-state index contributed by atoms with van der Waals surface area (Å²) in [4.78, 5) is 12.3. The Morgan fingerprint density at radius 3 is 2.40 bits per heavy atom. The average molecular weight is 353 g/mol. The van der Waals surface area contributed by atoms with Crippen LogP contribution >= 0.6 is 11.6 Å². The first-order valence-electron chi connectivity index (χ1n) is 7.58. The van der Waals surface area contributed by atoms with Gasteiger partial charge >= 0.3 is 5.63 Å². The summed E-state index contributed by atoms with van der Waals surface area (Å²) in [5.41, 5.74) is 2.25. The van der Waals surface area contributed by atoms with E-state index in [0.717, 1.165) is 16.9 Å². The third-order valence-corrected chi connectivity index (χ3v) is 4.15. The highest BCUT2D eigenvalue weighted by atomic mass is 35.5. The van der Waals surface area contributed by atoms with Crippen LogP contribution in [0.5, 0.6) is 5.75 Å². The van der Waals surface area contributed by atoms with Gasteiger partial charge in [-0.25, -0.2) is 9.31 Å². The summed E-state index contributed by atoms with van der Waals surface area (Å²) in [5, 5.41) is 5.13. The number of methoxy groups -OCH3 is 1. The molecule has 0 N–H and O–H groups in total. The smallest absolute Gasteiger partial charge is 0.362 e. The highest BCUT2D eigenvalue weighted by Crippen LogP contribution is 2.24. The Labute approximate surface area is 148 Å². The molecule has 0 saturated heterocycles. The largest absolute Gasteiger partial charge is 0.497 e. The molecule has 6 heteroatoms. The van der Waals surface area contributed by atoms with Crippen LogP contribution in [0, 0.1) is 0 Å². The van der Waals surface area contributed by atoms with E-state index in [-0.39, 0.29) is 0 Å². The molecule has 0 aliphatic heterocycles. The third-order valence-electron chi connectivity index (χ3n) is 3.90. The van der Waals surface area contributed by atoms with Gasteiger partial charge in [0.15, 0.2) is 11.3 Å². The van der Waals surface area contributed by atoms with E-state index in [0.29, 0.717) is 22.0 Å². The maximum atomic E-state index is 12.3. The number of aromatic nitrogens is 2. The molecule has 0 atom stereocenters. The summed E-state index contributed by atoms with van der Waals surface area (Å²) in [5.74, 6) is 1.17. The zero-order chi connectivity index (χ0) is 17.4. The zero-order valence-electron chi connectivity index (χ0n) is 13.3. The SMILES string of the molecule is COc1ccc(-c2cn3nc(-c4ccc(Cl)cc4)cc3c(=O)o2)cc1. The van der Waals surface area contributed by atoms with Crippen LogP contribution in [0.3, 0.4) is 0 Å². The minimum Gasteiger partial charge on any atom is -0.497 e. The number of hydrogen-bond donors (Lipinski definition) is 0. The Kier molecular flexibility index (Phi) is 3.78. The molecule has 2 aromatic heterocycles. The Morgan fingerprint density at radius 2 is 1.72 bits per heavy atom. The van der Waals surface area contributed by atoms with Gasteiger partial charge in [-0.1, -0.05) is 23.7 Å². The summed E-state index contributed by atoms with van der Waals surface area (Å²) >= 11 is 5.91. The number of rotatable bonds is 3. The Hall–Kier alpha value is -3.05. The highest BCUT2D eigenvalue weighted by molar-refractivity contribution is 6.30. The normalized spacial score (nSPS) is 11.0. The molecule has 0 amide bonds. The number of ether oxygens (including phenoxy) is 1. The van der Waals surface area contributed by atoms with E-state index in [1.165, 1.54) is 4.52 Å². The molecular formula is C19H13ClN2O3. The molecule has 0 bridgehead atoms. The summed E-state index contributed by atoms with van der Waals surface area (Å²) in [6.07, 6.45) is 1.69. The molecule has 25 heavy (non-hydrogen) atoms. The number of fused-ring (bicyclic) bond motifs is 1. The average Bonchev–Trinajstić information content (AvgIpc) is 3.07. The van der Waals surface area contributed by atoms with Crippen LogP contribution in [0.2, 0.25) is 5.02 Å². The molecule has 4 rings (SSSR count). The first-order valence-corrected chi connectivity index (χ1v) is 7.96. The predicted molar refractivity (Wildman–Crippen MR) is 96.2 cm³/mol. The maximum Gasteiger partial charge on any atom is 0.362 e. The fraction of sp³-hybridized carbons (Fsp3) is 0.0526. The lowest BCUT2D eigenvalue weighted by atomic mass is 10.1. The summed E-state index contributed by atoms with van der Waals surface area (Å²) in [6.45, 7) is 0. The van der Waals surface area contributed by atoms with Crippen LogP contribution in [0.4, 0.5) is 0 Å². The minimum atomic E-state index is -0.443. The van der Waals surface area contributed by atoms with Crippen molar-refractivity contribution < 1.29 is 9.15 Å². The minimum absolute atomic E-state index is 0.377. The second-order valence-corrected chi connectivity index (χ2v) is 5.91. The Morgan fingerprint density at radius 1 is 1.04 bits per heavy atom. The molecule has 2 heterocycles. The van der Waals surface area contributed by atoms with Gasteiger partial charge in [0.1, 0.15) is 5.75 Å². The van der Waals surface area contributed by atoms with E-state index in [4.69, 9.17) is 20.8 Å². The molecule has 4 aromatic rings. The lowest BCUT2D eigenvalue weighted by molar-refractivity contribution is 0.415. The summed E-state index contributed by atoms with van der Waals surface area (Å²) in [6, 6.07) is 16.3.